The topological polar surface area (TPSA) is 24.5 Å². The first-order valence-electron chi connectivity index (χ1n) is 9.14. The molecular formula is C19H27FN2O. The maximum Gasteiger partial charge on any atom is 0.123 e. The van der Waals surface area contributed by atoms with Crippen LogP contribution in [0.1, 0.15) is 39.1 Å². The number of nitrogens with one attached hydrogen (secondary N) is 1. The molecule has 3 atom stereocenters. The van der Waals surface area contributed by atoms with Gasteiger partial charge in [-0.15, -0.1) is 0 Å². The van der Waals surface area contributed by atoms with E-state index in [9.17, 15) is 4.39 Å². The molecule has 23 heavy (non-hydrogen) atoms. The summed E-state index contributed by atoms with van der Waals surface area (Å²) in [5.41, 5.74) is 2.50. The zero-order valence-electron chi connectivity index (χ0n) is 13.6. The second-order valence-electron chi connectivity index (χ2n) is 7.99. The van der Waals surface area contributed by atoms with E-state index in [0.717, 1.165) is 44.1 Å². The fourth-order valence-electron chi connectivity index (χ4n) is 5.35. The first-order valence-corrected chi connectivity index (χ1v) is 9.14. The van der Waals surface area contributed by atoms with Gasteiger partial charge in [0.1, 0.15) is 5.82 Å². The van der Waals surface area contributed by atoms with Gasteiger partial charge in [-0.2, -0.15) is 0 Å². The van der Waals surface area contributed by atoms with Crippen molar-refractivity contribution >= 4 is 5.69 Å². The van der Waals surface area contributed by atoms with Crippen LogP contribution < -0.4 is 5.32 Å². The Hall–Kier alpha value is -1.13. The molecule has 0 aliphatic carbocycles. The van der Waals surface area contributed by atoms with Crippen molar-refractivity contribution in [1.82, 2.24) is 4.90 Å². The molecule has 0 saturated carbocycles. The lowest BCUT2D eigenvalue weighted by Gasteiger charge is -2.40. The molecule has 5 rings (SSSR count). The van der Waals surface area contributed by atoms with E-state index < -0.39 is 0 Å². The fourth-order valence-corrected chi connectivity index (χ4v) is 5.35. The summed E-state index contributed by atoms with van der Waals surface area (Å²) in [6.07, 6.45) is 7.16. The number of piperidine rings is 1. The predicted octanol–water partition coefficient (Wildman–Crippen LogP) is 3.40. The van der Waals surface area contributed by atoms with Crippen LogP contribution in [0.25, 0.3) is 0 Å². The first-order chi connectivity index (χ1) is 11.2. The maximum atomic E-state index is 13.7. The Morgan fingerprint density at radius 3 is 2.91 bits per heavy atom. The molecule has 0 aromatic heterocycles. The number of benzene rings is 1. The largest absolute Gasteiger partial charge is 0.384 e. The molecule has 3 nitrogen and oxygen atoms in total. The average Bonchev–Trinajstić information content (AvgIpc) is 3.25. The second-order valence-corrected chi connectivity index (χ2v) is 7.99. The summed E-state index contributed by atoms with van der Waals surface area (Å²) in [5.74, 6) is 0.641. The highest BCUT2D eigenvalue weighted by Crippen LogP contribution is 2.45. The summed E-state index contributed by atoms with van der Waals surface area (Å²) in [7, 11) is 0. The number of likely N-dealkylation sites (tertiary alicyclic amines) is 1. The van der Waals surface area contributed by atoms with Gasteiger partial charge in [0, 0.05) is 31.5 Å². The number of anilines is 1. The number of rotatable bonds is 2. The summed E-state index contributed by atoms with van der Waals surface area (Å²) in [6.45, 7) is 4.43. The maximum absolute atomic E-state index is 13.7. The Kier molecular flexibility index (Phi) is 3.21. The van der Waals surface area contributed by atoms with E-state index in [2.05, 4.69) is 10.2 Å². The van der Waals surface area contributed by atoms with Crippen LogP contribution in [0.3, 0.4) is 0 Å². The highest BCUT2D eigenvalue weighted by molar-refractivity contribution is 5.60. The molecule has 0 radical (unpaired) electrons. The van der Waals surface area contributed by atoms with Gasteiger partial charge in [-0.3, -0.25) is 0 Å². The van der Waals surface area contributed by atoms with Gasteiger partial charge >= 0.3 is 0 Å². The van der Waals surface area contributed by atoms with Gasteiger partial charge in [0.2, 0.25) is 0 Å². The van der Waals surface area contributed by atoms with Crippen LogP contribution in [0.5, 0.6) is 0 Å². The molecule has 0 unspecified atom stereocenters. The van der Waals surface area contributed by atoms with E-state index in [-0.39, 0.29) is 12.7 Å². The molecule has 1 spiro atoms. The second kappa shape index (κ2) is 5.18. The summed E-state index contributed by atoms with van der Waals surface area (Å²) >= 11 is 0. The van der Waals surface area contributed by atoms with Crippen LogP contribution in [0.2, 0.25) is 0 Å². The third kappa shape index (κ3) is 2.30. The van der Waals surface area contributed by atoms with Gasteiger partial charge in [-0.1, -0.05) is 0 Å². The third-order valence-electron chi connectivity index (χ3n) is 6.71. The number of fused-ring (bicyclic) bond motifs is 4. The molecule has 4 heterocycles. The molecule has 126 valence electrons. The molecule has 1 N–H and O–H groups in total. The Balaban J connectivity index is 0.00000146. The normalized spacial score (nSPS) is 34.7. The predicted molar refractivity (Wildman–Crippen MR) is 90.4 cm³/mol. The van der Waals surface area contributed by atoms with Crippen LogP contribution >= 0.6 is 0 Å². The number of hydrogen-bond acceptors (Lipinski definition) is 3. The van der Waals surface area contributed by atoms with E-state index in [1.54, 1.807) is 12.1 Å². The van der Waals surface area contributed by atoms with Gasteiger partial charge in [0.05, 0.1) is 12.2 Å². The lowest BCUT2D eigenvalue weighted by molar-refractivity contribution is 0.0768. The summed E-state index contributed by atoms with van der Waals surface area (Å²) in [6, 6.07) is 5.22. The van der Waals surface area contributed by atoms with Crippen LogP contribution in [0, 0.1) is 11.7 Å². The van der Waals surface area contributed by atoms with E-state index >= 15 is 0 Å². The van der Waals surface area contributed by atoms with Crippen molar-refractivity contribution in [2.75, 3.05) is 31.5 Å². The number of hydrogen-bond donors (Lipinski definition) is 1. The Labute approximate surface area is 138 Å². The molecule has 4 aliphatic heterocycles. The van der Waals surface area contributed by atoms with Crippen LogP contribution in [0.15, 0.2) is 18.2 Å². The van der Waals surface area contributed by atoms with Crippen molar-refractivity contribution in [3.8, 4) is 0 Å². The van der Waals surface area contributed by atoms with Gasteiger partial charge < -0.3 is 15.0 Å². The van der Waals surface area contributed by atoms with Crippen molar-refractivity contribution in [2.45, 2.75) is 49.7 Å². The quantitative estimate of drug-likeness (QED) is 0.904. The van der Waals surface area contributed by atoms with Crippen molar-refractivity contribution in [2.24, 2.45) is 5.92 Å². The van der Waals surface area contributed by atoms with Crippen LogP contribution in [-0.4, -0.2) is 43.3 Å². The zero-order chi connectivity index (χ0) is 15.4. The third-order valence-corrected chi connectivity index (χ3v) is 6.71. The molecule has 1 aromatic carbocycles. The van der Waals surface area contributed by atoms with Gasteiger partial charge in [0.25, 0.3) is 0 Å². The van der Waals surface area contributed by atoms with Crippen molar-refractivity contribution in [1.29, 1.82) is 0 Å². The minimum absolute atomic E-state index is 0. The van der Waals surface area contributed by atoms with Crippen molar-refractivity contribution in [3.05, 3.63) is 29.6 Å². The van der Waals surface area contributed by atoms with E-state index in [1.165, 1.54) is 31.4 Å². The van der Waals surface area contributed by atoms with Crippen LogP contribution in [-0.2, 0) is 10.2 Å². The Morgan fingerprint density at radius 2 is 2.17 bits per heavy atom. The molecule has 0 amide bonds. The smallest absolute Gasteiger partial charge is 0.123 e. The number of nitrogens with zero attached hydrogens (tertiary/aromatic N) is 1. The average molecular weight is 318 g/mol. The lowest BCUT2D eigenvalue weighted by Crippen LogP contribution is -2.46. The zero-order valence-corrected chi connectivity index (χ0v) is 13.6. The number of ether oxygens (including phenoxy) is 1. The standard InChI is InChI=1S/C19H25FN2O.H2/c20-14-1-3-17-16(10-14)19(12-21-17)5-7-22(8-6-19)11-13-9-15-2-4-18(13)23-15;/h1,3,10,13,15,18,21H,2,4-9,11-12H2;1H/t13-,15+,18+;/m0./s1. The summed E-state index contributed by atoms with van der Waals surface area (Å²) in [4.78, 5) is 2.62. The molecule has 2 bridgehead atoms. The minimum Gasteiger partial charge on any atom is -0.384 e. The van der Waals surface area contributed by atoms with Crippen molar-refractivity contribution < 1.29 is 10.6 Å². The summed E-state index contributed by atoms with van der Waals surface area (Å²) in [5, 5.41) is 3.49. The van der Waals surface area contributed by atoms with Crippen molar-refractivity contribution in [3.63, 3.8) is 0 Å². The summed E-state index contributed by atoms with van der Waals surface area (Å²) < 4.78 is 19.7. The van der Waals surface area contributed by atoms with Gasteiger partial charge in [-0.05, 0) is 69.0 Å². The molecule has 4 aliphatic rings. The molecule has 3 saturated heterocycles. The van der Waals surface area contributed by atoms with E-state index in [0.29, 0.717) is 12.2 Å². The Morgan fingerprint density at radius 1 is 1.30 bits per heavy atom. The molecule has 4 heteroatoms. The monoisotopic (exact) mass is 318 g/mol. The Bertz CT molecular complexity index is 617. The lowest BCUT2D eigenvalue weighted by atomic mass is 9.74. The molecule has 1 aromatic rings. The first kappa shape index (κ1) is 14.2. The minimum atomic E-state index is -0.103. The fraction of sp³-hybridized carbons (Fsp3) is 0.684. The molecule has 3 fully saturated rings. The molecular weight excluding hydrogens is 291 g/mol. The highest BCUT2D eigenvalue weighted by atomic mass is 19.1. The SMILES string of the molecule is Fc1ccc2c(c1)C1(CCN(C[C@@H]3C[C@H]4CC[C@H]3O4)CC1)CN2.[HH]. The number of halogens is 1. The van der Waals surface area contributed by atoms with E-state index in [4.69, 9.17) is 4.74 Å². The van der Waals surface area contributed by atoms with E-state index in [1.807, 2.05) is 6.07 Å². The van der Waals surface area contributed by atoms with Gasteiger partial charge in [0.15, 0.2) is 0 Å². The van der Waals surface area contributed by atoms with Crippen LogP contribution in [0.4, 0.5) is 10.1 Å². The van der Waals surface area contributed by atoms with Gasteiger partial charge in [-0.25, -0.2) is 4.39 Å². The highest BCUT2D eigenvalue weighted by Gasteiger charge is 2.44.